The number of rotatable bonds is 2. The second-order valence-electron chi connectivity index (χ2n) is 3.85. The molecule has 2 aromatic carbocycles. The minimum absolute atomic E-state index is 0.00940. The zero-order valence-corrected chi connectivity index (χ0v) is 11.2. The van der Waals surface area contributed by atoms with Crippen molar-refractivity contribution in [3.8, 4) is 17.2 Å². The summed E-state index contributed by atoms with van der Waals surface area (Å²) in [6.07, 6.45) is -4.58. The number of halogens is 5. The molecular formula is C13H7Cl2F3O2. The van der Waals surface area contributed by atoms with Crippen LogP contribution in [0.1, 0.15) is 5.56 Å². The Labute approximate surface area is 122 Å². The van der Waals surface area contributed by atoms with E-state index in [4.69, 9.17) is 27.9 Å². The van der Waals surface area contributed by atoms with Crippen LogP contribution in [-0.2, 0) is 6.18 Å². The maximum absolute atomic E-state index is 12.7. The smallest absolute Gasteiger partial charge is 0.417 e. The van der Waals surface area contributed by atoms with Crippen molar-refractivity contribution < 1.29 is 23.0 Å². The summed E-state index contributed by atoms with van der Waals surface area (Å²) in [4.78, 5) is 0. The summed E-state index contributed by atoms with van der Waals surface area (Å²) in [5, 5.41) is 9.43. The van der Waals surface area contributed by atoms with Gasteiger partial charge < -0.3 is 9.84 Å². The van der Waals surface area contributed by atoms with Crippen LogP contribution >= 0.6 is 23.2 Å². The van der Waals surface area contributed by atoms with Crippen molar-refractivity contribution >= 4 is 23.2 Å². The third-order valence-electron chi connectivity index (χ3n) is 2.39. The Balaban J connectivity index is 2.35. The van der Waals surface area contributed by atoms with E-state index in [-0.39, 0.29) is 22.3 Å². The lowest BCUT2D eigenvalue weighted by atomic mass is 10.2. The van der Waals surface area contributed by atoms with Gasteiger partial charge in [0, 0.05) is 11.1 Å². The molecule has 2 nitrogen and oxygen atoms in total. The largest absolute Gasteiger partial charge is 0.504 e. The SMILES string of the molecule is Oc1cc(Cl)ccc1Oc1ccc(Cl)c(C(F)(F)F)c1. The van der Waals surface area contributed by atoms with Gasteiger partial charge in [-0.1, -0.05) is 23.2 Å². The van der Waals surface area contributed by atoms with Gasteiger partial charge in [0.05, 0.1) is 10.6 Å². The molecule has 0 aromatic heterocycles. The molecule has 0 saturated heterocycles. The Morgan fingerprint density at radius 1 is 1.00 bits per heavy atom. The minimum atomic E-state index is -4.58. The van der Waals surface area contributed by atoms with Gasteiger partial charge in [-0.15, -0.1) is 0 Å². The van der Waals surface area contributed by atoms with E-state index in [0.717, 1.165) is 12.1 Å². The predicted molar refractivity (Wildman–Crippen MR) is 69.6 cm³/mol. The zero-order chi connectivity index (χ0) is 14.9. The van der Waals surface area contributed by atoms with Crippen molar-refractivity contribution in [2.24, 2.45) is 0 Å². The average molecular weight is 323 g/mol. The van der Waals surface area contributed by atoms with E-state index < -0.39 is 16.8 Å². The summed E-state index contributed by atoms with van der Waals surface area (Å²) in [7, 11) is 0. The Kier molecular flexibility index (Phi) is 4.01. The molecule has 0 aliphatic heterocycles. The van der Waals surface area contributed by atoms with E-state index >= 15 is 0 Å². The molecule has 7 heteroatoms. The lowest BCUT2D eigenvalue weighted by molar-refractivity contribution is -0.137. The molecule has 2 rings (SSSR count). The molecule has 2 aromatic rings. The summed E-state index contributed by atoms with van der Waals surface area (Å²) in [6.45, 7) is 0. The van der Waals surface area contributed by atoms with Crippen LogP contribution in [-0.4, -0.2) is 5.11 Å². The molecule has 0 fully saturated rings. The van der Waals surface area contributed by atoms with Crippen LogP contribution in [0.25, 0.3) is 0 Å². The Bertz CT molecular complexity index is 642. The summed E-state index contributed by atoms with van der Waals surface area (Å²) in [6, 6.07) is 7.11. The van der Waals surface area contributed by atoms with E-state index in [2.05, 4.69) is 0 Å². The molecule has 0 heterocycles. The summed E-state index contributed by atoms with van der Waals surface area (Å²) >= 11 is 11.1. The van der Waals surface area contributed by atoms with Gasteiger partial charge in [0.2, 0.25) is 0 Å². The topological polar surface area (TPSA) is 29.5 Å². The normalized spacial score (nSPS) is 11.4. The molecule has 106 valence electrons. The highest BCUT2D eigenvalue weighted by Crippen LogP contribution is 2.39. The van der Waals surface area contributed by atoms with E-state index in [1.807, 2.05) is 0 Å². The minimum Gasteiger partial charge on any atom is -0.504 e. The molecule has 0 saturated carbocycles. The fraction of sp³-hybridized carbons (Fsp3) is 0.0769. The van der Waals surface area contributed by atoms with Crippen molar-refractivity contribution in [1.82, 2.24) is 0 Å². The standard InChI is InChI=1S/C13H7Cl2F3O2/c14-7-1-4-12(11(19)5-7)20-8-2-3-10(15)9(6-8)13(16,17)18/h1-6,19H. The number of phenols is 1. The molecule has 0 spiro atoms. The van der Waals surface area contributed by atoms with Crippen molar-refractivity contribution in [2.75, 3.05) is 0 Å². The van der Waals surface area contributed by atoms with Gasteiger partial charge in [-0.2, -0.15) is 13.2 Å². The number of hydrogen-bond donors (Lipinski definition) is 1. The number of phenolic OH excluding ortho intramolecular Hbond substituents is 1. The molecule has 0 aliphatic rings. The van der Waals surface area contributed by atoms with Crippen molar-refractivity contribution in [3.63, 3.8) is 0 Å². The number of aromatic hydroxyl groups is 1. The maximum atomic E-state index is 12.7. The van der Waals surface area contributed by atoms with Crippen LogP contribution in [0, 0.1) is 0 Å². The quantitative estimate of drug-likeness (QED) is 0.789. The van der Waals surface area contributed by atoms with Crippen LogP contribution in [0.2, 0.25) is 10.0 Å². The van der Waals surface area contributed by atoms with Gasteiger partial charge in [0.15, 0.2) is 11.5 Å². The highest BCUT2D eigenvalue weighted by atomic mass is 35.5. The summed E-state index contributed by atoms with van der Waals surface area (Å²) in [5.41, 5.74) is -1.01. The van der Waals surface area contributed by atoms with Crippen LogP contribution in [0.5, 0.6) is 17.2 Å². The van der Waals surface area contributed by atoms with Crippen LogP contribution in [0.15, 0.2) is 36.4 Å². The fourth-order valence-corrected chi connectivity index (χ4v) is 1.88. The monoisotopic (exact) mass is 322 g/mol. The third kappa shape index (κ3) is 3.29. The summed E-state index contributed by atoms with van der Waals surface area (Å²) in [5.74, 6) is -0.384. The number of hydrogen-bond acceptors (Lipinski definition) is 2. The van der Waals surface area contributed by atoms with E-state index in [1.54, 1.807) is 0 Å². The predicted octanol–water partition coefficient (Wildman–Crippen LogP) is 5.51. The first-order valence-corrected chi connectivity index (χ1v) is 6.06. The zero-order valence-electron chi connectivity index (χ0n) is 9.71. The number of benzene rings is 2. The molecule has 0 atom stereocenters. The molecule has 1 N–H and O–H groups in total. The maximum Gasteiger partial charge on any atom is 0.417 e. The second kappa shape index (κ2) is 5.42. The molecule has 0 radical (unpaired) electrons. The molecule has 0 bridgehead atoms. The Morgan fingerprint density at radius 3 is 2.30 bits per heavy atom. The van der Waals surface area contributed by atoms with Gasteiger partial charge >= 0.3 is 6.18 Å². The lowest BCUT2D eigenvalue weighted by Crippen LogP contribution is -2.05. The van der Waals surface area contributed by atoms with Crippen molar-refractivity contribution in [2.45, 2.75) is 6.18 Å². The number of ether oxygens (including phenoxy) is 1. The van der Waals surface area contributed by atoms with Crippen LogP contribution in [0.3, 0.4) is 0 Å². The van der Waals surface area contributed by atoms with Gasteiger partial charge in [-0.25, -0.2) is 0 Å². The molecule has 0 amide bonds. The first kappa shape index (κ1) is 14.8. The highest BCUT2D eigenvalue weighted by Gasteiger charge is 2.33. The Morgan fingerprint density at radius 2 is 1.70 bits per heavy atom. The van der Waals surface area contributed by atoms with E-state index in [9.17, 15) is 18.3 Å². The Hall–Kier alpha value is -1.59. The number of alkyl halides is 3. The molecule has 0 aliphatic carbocycles. The fourth-order valence-electron chi connectivity index (χ4n) is 1.49. The molecule has 0 unspecified atom stereocenters. The average Bonchev–Trinajstić information content (AvgIpc) is 2.33. The van der Waals surface area contributed by atoms with Crippen LogP contribution in [0.4, 0.5) is 13.2 Å². The van der Waals surface area contributed by atoms with Gasteiger partial charge in [-0.3, -0.25) is 0 Å². The molecular weight excluding hydrogens is 316 g/mol. The van der Waals surface area contributed by atoms with Gasteiger partial charge in [0.25, 0.3) is 0 Å². The third-order valence-corrected chi connectivity index (χ3v) is 2.96. The van der Waals surface area contributed by atoms with E-state index in [1.165, 1.54) is 24.3 Å². The van der Waals surface area contributed by atoms with Crippen molar-refractivity contribution in [3.05, 3.63) is 52.0 Å². The molecule has 20 heavy (non-hydrogen) atoms. The first-order chi connectivity index (χ1) is 9.27. The van der Waals surface area contributed by atoms with Gasteiger partial charge in [0.1, 0.15) is 5.75 Å². The van der Waals surface area contributed by atoms with Gasteiger partial charge in [-0.05, 0) is 30.3 Å². The highest BCUT2D eigenvalue weighted by molar-refractivity contribution is 6.31. The second-order valence-corrected chi connectivity index (χ2v) is 4.70. The lowest BCUT2D eigenvalue weighted by Gasteiger charge is -2.12. The van der Waals surface area contributed by atoms with E-state index in [0.29, 0.717) is 0 Å². The first-order valence-electron chi connectivity index (χ1n) is 5.30. The van der Waals surface area contributed by atoms with Crippen molar-refractivity contribution in [1.29, 1.82) is 0 Å². The summed E-state index contributed by atoms with van der Waals surface area (Å²) < 4.78 is 43.3. The van der Waals surface area contributed by atoms with Crippen LogP contribution < -0.4 is 4.74 Å².